The van der Waals surface area contributed by atoms with E-state index in [0.29, 0.717) is 25.4 Å². The van der Waals surface area contributed by atoms with E-state index in [4.69, 9.17) is 4.42 Å². The van der Waals surface area contributed by atoms with Gasteiger partial charge in [0, 0.05) is 13.1 Å². The molecule has 6 heteroatoms. The molecule has 2 heterocycles. The summed E-state index contributed by atoms with van der Waals surface area (Å²) in [6.45, 7) is 6.32. The predicted octanol–water partition coefficient (Wildman–Crippen LogP) is 1.73. The zero-order chi connectivity index (χ0) is 13.9. The molecular weight excluding hydrogens is 264 g/mol. The van der Waals surface area contributed by atoms with Crippen LogP contribution in [0.4, 0.5) is 0 Å². The van der Waals surface area contributed by atoms with Crippen LogP contribution < -0.4 is 5.32 Å². The van der Waals surface area contributed by atoms with Crippen molar-refractivity contribution in [1.82, 2.24) is 9.62 Å². The first-order chi connectivity index (χ1) is 9.04. The molecule has 0 amide bonds. The number of rotatable bonds is 5. The number of nitrogens with one attached hydrogen (secondary N) is 1. The van der Waals surface area contributed by atoms with Crippen molar-refractivity contribution in [2.75, 3.05) is 19.6 Å². The van der Waals surface area contributed by atoms with Crippen molar-refractivity contribution in [2.24, 2.45) is 0 Å². The average molecular weight is 284 g/mol. The summed E-state index contributed by atoms with van der Waals surface area (Å²) in [4.78, 5) is 0. The first-order valence-corrected chi connectivity index (χ1v) is 7.93. The van der Waals surface area contributed by atoms with E-state index in [1.54, 1.807) is 6.07 Å². The van der Waals surface area contributed by atoms with Crippen LogP contribution in [-0.4, -0.2) is 32.4 Å². The van der Waals surface area contributed by atoms with Crippen molar-refractivity contribution in [3.05, 3.63) is 29.5 Å². The van der Waals surface area contributed by atoms with Crippen molar-refractivity contribution < 1.29 is 12.8 Å². The van der Waals surface area contributed by atoms with Crippen LogP contribution in [0.3, 0.4) is 0 Å². The molecule has 2 rings (SSSR count). The van der Waals surface area contributed by atoms with E-state index in [0.717, 1.165) is 13.0 Å². The third-order valence-corrected chi connectivity index (χ3v) is 4.92. The summed E-state index contributed by atoms with van der Waals surface area (Å²) in [6, 6.07) is 3.24. The summed E-state index contributed by atoms with van der Waals surface area (Å²) in [5.41, 5.74) is 1.23. The quantitative estimate of drug-likeness (QED) is 0.836. The second-order valence-corrected chi connectivity index (χ2v) is 6.53. The lowest BCUT2D eigenvalue weighted by atomic mass is 10.1. The number of hydrogen-bond donors (Lipinski definition) is 1. The molecule has 0 bridgehead atoms. The molecule has 1 aliphatic heterocycles. The summed E-state index contributed by atoms with van der Waals surface area (Å²) >= 11 is 0. The number of furan rings is 1. The molecule has 0 radical (unpaired) electrons. The first kappa shape index (κ1) is 14.3. The maximum Gasteiger partial charge on any atom is 0.276 e. The van der Waals surface area contributed by atoms with Gasteiger partial charge in [-0.2, -0.15) is 4.31 Å². The van der Waals surface area contributed by atoms with E-state index in [1.165, 1.54) is 15.9 Å². The van der Waals surface area contributed by atoms with E-state index in [-0.39, 0.29) is 5.09 Å². The van der Waals surface area contributed by atoms with E-state index in [1.807, 2.05) is 19.9 Å². The third kappa shape index (κ3) is 3.26. The Balaban J connectivity index is 2.13. The molecule has 0 aromatic carbocycles. The zero-order valence-electron chi connectivity index (χ0n) is 11.3. The Morgan fingerprint density at radius 2 is 2.21 bits per heavy atom. The maximum absolute atomic E-state index is 12.4. The molecule has 0 spiro atoms. The van der Waals surface area contributed by atoms with Crippen LogP contribution in [0, 0.1) is 0 Å². The SMILES string of the molecule is CCNCc1ccc(S(=O)(=O)N2CC=C(C)CC2)o1. The standard InChI is InChI=1S/C13H20N2O3S/c1-3-14-10-12-4-5-13(18-12)19(16,17)15-8-6-11(2)7-9-15/h4-6,14H,3,7-10H2,1-2H3. The van der Waals surface area contributed by atoms with E-state index in [9.17, 15) is 8.42 Å². The van der Waals surface area contributed by atoms with Gasteiger partial charge in [-0.15, -0.1) is 0 Å². The fourth-order valence-corrected chi connectivity index (χ4v) is 3.25. The highest BCUT2D eigenvalue weighted by molar-refractivity contribution is 7.89. The molecule has 0 unspecified atom stereocenters. The van der Waals surface area contributed by atoms with E-state index < -0.39 is 10.0 Å². The Labute approximate surface area is 114 Å². The predicted molar refractivity (Wildman–Crippen MR) is 73.2 cm³/mol. The van der Waals surface area contributed by atoms with Crippen molar-refractivity contribution in [2.45, 2.75) is 31.9 Å². The lowest BCUT2D eigenvalue weighted by molar-refractivity contribution is 0.370. The fraction of sp³-hybridized carbons (Fsp3) is 0.538. The van der Waals surface area contributed by atoms with Gasteiger partial charge < -0.3 is 9.73 Å². The Bertz CT molecular complexity index is 560. The van der Waals surface area contributed by atoms with Crippen LogP contribution in [0.2, 0.25) is 0 Å². The van der Waals surface area contributed by atoms with Crippen LogP contribution in [0.25, 0.3) is 0 Å². The summed E-state index contributed by atoms with van der Waals surface area (Å²) in [6.07, 6.45) is 2.73. The summed E-state index contributed by atoms with van der Waals surface area (Å²) in [5, 5.41) is 3.14. The Kier molecular flexibility index (Phi) is 4.44. The zero-order valence-corrected chi connectivity index (χ0v) is 12.2. The lowest BCUT2D eigenvalue weighted by Gasteiger charge is -2.23. The first-order valence-electron chi connectivity index (χ1n) is 6.49. The highest BCUT2D eigenvalue weighted by Gasteiger charge is 2.28. The Morgan fingerprint density at radius 3 is 2.84 bits per heavy atom. The topological polar surface area (TPSA) is 62.6 Å². The van der Waals surface area contributed by atoms with E-state index >= 15 is 0 Å². The second-order valence-electron chi connectivity index (χ2n) is 4.66. The maximum atomic E-state index is 12.4. The molecule has 1 N–H and O–H groups in total. The van der Waals surface area contributed by atoms with Crippen LogP contribution in [-0.2, 0) is 16.6 Å². The largest absolute Gasteiger partial charge is 0.447 e. The minimum Gasteiger partial charge on any atom is -0.447 e. The van der Waals surface area contributed by atoms with Gasteiger partial charge in [0.05, 0.1) is 6.54 Å². The third-order valence-electron chi connectivity index (χ3n) is 3.18. The number of sulfonamides is 1. The lowest BCUT2D eigenvalue weighted by Crippen LogP contribution is -2.34. The number of nitrogens with zero attached hydrogens (tertiary/aromatic N) is 1. The van der Waals surface area contributed by atoms with Gasteiger partial charge in [0.15, 0.2) is 0 Å². The molecule has 106 valence electrons. The summed E-state index contributed by atoms with van der Waals surface area (Å²) in [7, 11) is -3.50. The molecule has 0 saturated heterocycles. The van der Waals surface area contributed by atoms with Crippen LogP contribution in [0.1, 0.15) is 26.0 Å². The fourth-order valence-electron chi connectivity index (χ4n) is 1.94. The molecule has 1 aromatic heterocycles. The van der Waals surface area contributed by atoms with Gasteiger partial charge in [-0.3, -0.25) is 0 Å². The molecule has 0 aliphatic carbocycles. The van der Waals surface area contributed by atoms with Crippen LogP contribution in [0.5, 0.6) is 0 Å². The molecule has 1 aromatic rings. The molecule has 1 aliphatic rings. The Hall–Kier alpha value is -1.11. The van der Waals surface area contributed by atoms with Crippen molar-refractivity contribution in [1.29, 1.82) is 0 Å². The van der Waals surface area contributed by atoms with Gasteiger partial charge in [-0.1, -0.05) is 18.6 Å². The monoisotopic (exact) mass is 284 g/mol. The van der Waals surface area contributed by atoms with Gasteiger partial charge in [-0.25, -0.2) is 8.42 Å². The summed E-state index contributed by atoms with van der Waals surface area (Å²) in [5.74, 6) is 0.643. The molecule has 0 saturated carbocycles. The van der Waals surface area contributed by atoms with Crippen LogP contribution in [0.15, 0.2) is 33.3 Å². The van der Waals surface area contributed by atoms with Gasteiger partial charge in [0.1, 0.15) is 5.76 Å². The normalized spacial score (nSPS) is 17.5. The smallest absolute Gasteiger partial charge is 0.276 e. The molecule has 5 nitrogen and oxygen atoms in total. The Morgan fingerprint density at radius 1 is 1.42 bits per heavy atom. The van der Waals surface area contributed by atoms with Gasteiger partial charge in [-0.05, 0) is 32.0 Å². The van der Waals surface area contributed by atoms with Gasteiger partial charge in [0.2, 0.25) is 5.09 Å². The highest BCUT2D eigenvalue weighted by atomic mass is 32.2. The minimum absolute atomic E-state index is 0.0355. The minimum atomic E-state index is -3.50. The second kappa shape index (κ2) is 5.90. The van der Waals surface area contributed by atoms with Crippen molar-refractivity contribution in [3.63, 3.8) is 0 Å². The van der Waals surface area contributed by atoms with Gasteiger partial charge in [0.25, 0.3) is 10.0 Å². The van der Waals surface area contributed by atoms with E-state index in [2.05, 4.69) is 5.32 Å². The molecular formula is C13H20N2O3S. The molecule has 19 heavy (non-hydrogen) atoms. The molecule has 0 atom stereocenters. The number of hydrogen-bond acceptors (Lipinski definition) is 4. The average Bonchev–Trinajstić information content (AvgIpc) is 2.86. The van der Waals surface area contributed by atoms with Gasteiger partial charge >= 0.3 is 0 Å². The highest BCUT2D eigenvalue weighted by Crippen LogP contribution is 2.22. The molecule has 0 fully saturated rings. The van der Waals surface area contributed by atoms with Crippen LogP contribution >= 0.6 is 0 Å². The van der Waals surface area contributed by atoms with Crippen molar-refractivity contribution >= 4 is 10.0 Å². The summed E-state index contributed by atoms with van der Waals surface area (Å²) < 4.78 is 31.6. The van der Waals surface area contributed by atoms with Crippen molar-refractivity contribution in [3.8, 4) is 0 Å².